The van der Waals surface area contributed by atoms with Gasteiger partial charge in [0.05, 0.1) is 7.11 Å². The van der Waals surface area contributed by atoms with Crippen LogP contribution in [0.5, 0.6) is 0 Å². The molecule has 5 heteroatoms. The molecule has 3 N–H and O–H groups in total. The van der Waals surface area contributed by atoms with Crippen LogP contribution in [0.1, 0.15) is 39.5 Å². The molecule has 1 aliphatic carbocycles. The van der Waals surface area contributed by atoms with Crippen molar-refractivity contribution in [2.75, 3.05) is 13.7 Å². The standard InChI is InChI=1S/C14H26N2O3/c1-4-9(2)12(14(18)19-3)16-13(17)11-7-5-6-10(11)8-15/h9-12H,4-8,15H2,1-3H3,(H,16,17). The Hall–Kier alpha value is -1.10. The molecule has 0 bridgehead atoms. The monoisotopic (exact) mass is 270 g/mol. The number of nitrogens with one attached hydrogen (secondary N) is 1. The van der Waals surface area contributed by atoms with E-state index in [2.05, 4.69) is 5.32 Å². The fraction of sp³-hybridized carbons (Fsp3) is 0.857. The Morgan fingerprint density at radius 1 is 1.42 bits per heavy atom. The van der Waals surface area contributed by atoms with Crippen molar-refractivity contribution >= 4 is 11.9 Å². The number of carbonyl (C=O) groups is 2. The van der Waals surface area contributed by atoms with Gasteiger partial charge < -0.3 is 15.8 Å². The number of ether oxygens (including phenoxy) is 1. The molecule has 1 fully saturated rings. The van der Waals surface area contributed by atoms with E-state index < -0.39 is 6.04 Å². The van der Waals surface area contributed by atoms with E-state index in [4.69, 9.17) is 10.5 Å². The van der Waals surface area contributed by atoms with E-state index in [1.54, 1.807) is 0 Å². The van der Waals surface area contributed by atoms with Gasteiger partial charge in [-0.15, -0.1) is 0 Å². The molecule has 0 heterocycles. The second-order valence-electron chi connectivity index (χ2n) is 5.43. The minimum atomic E-state index is -0.554. The molecule has 0 aromatic carbocycles. The van der Waals surface area contributed by atoms with Gasteiger partial charge in [0.1, 0.15) is 6.04 Å². The third-order valence-electron chi connectivity index (χ3n) is 4.26. The third kappa shape index (κ3) is 3.93. The summed E-state index contributed by atoms with van der Waals surface area (Å²) >= 11 is 0. The highest BCUT2D eigenvalue weighted by Crippen LogP contribution is 2.31. The first-order valence-corrected chi connectivity index (χ1v) is 7.13. The van der Waals surface area contributed by atoms with Gasteiger partial charge in [-0.05, 0) is 31.2 Å². The van der Waals surface area contributed by atoms with Crippen LogP contribution in [0.2, 0.25) is 0 Å². The molecule has 5 nitrogen and oxygen atoms in total. The smallest absolute Gasteiger partial charge is 0.328 e. The van der Waals surface area contributed by atoms with Crippen molar-refractivity contribution in [2.45, 2.75) is 45.6 Å². The van der Waals surface area contributed by atoms with Crippen LogP contribution >= 0.6 is 0 Å². The highest BCUT2D eigenvalue weighted by atomic mass is 16.5. The predicted molar refractivity (Wildman–Crippen MR) is 73.3 cm³/mol. The predicted octanol–water partition coefficient (Wildman–Crippen LogP) is 1.07. The molecule has 1 saturated carbocycles. The molecule has 110 valence electrons. The zero-order chi connectivity index (χ0) is 14.4. The van der Waals surface area contributed by atoms with Crippen molar-refractivity contribution in [2.24, 2.45) is 23.5 Å². The normalized spacial score (nSPS) is 25.7. The first kappa shape index (κ1) is 16.0. The van der Waals surface area contributed by atoms with E-state index in [1.807, 2.05) is 13.8 Å². The molecule has 0 aliphatic heterocycles. The number of rotatable bonds is 6. The van der Waals surface area contributed by atoms with Gasteiger partial charge in [-0.1, -0.05) is 26.7 Å². The fourth-order valence-electron chi connectivity index (χ4n) is 2.72. The van der Waals surface area contributed by atoms with Crippen molar-refractivity contribution < 1.29 is 14.3 Å². The number of hydrogen-bond acceptors (Lipinski definition) is 4. The lowest BCUT2D eigenvalue weighted by molar-refractivity contribution is -0.147. The number of hydrogen-bond donors (Lipinski definition) is 2. The van der Waals surface area contributed by atoms with Crippen molar-refractivity contribution in [3.05, 3.63) is 0 Å². The van der Waals surface area contributed by atoms with Crippen molar-refractivity contribution in [1.82, 2.24) is 5.32 Å². The molecule has 19 heavy (non-hydrogen) atoms. The highest BCUT2D eigenvalue weighted by molar-refractivity contribution is 5.86. The lowest BCUT2D eigenvalue weighted by Crippen LogP contribution is -2.48. The van der Waals surface area contributed by atoms with Gasteiger partial charge in [-0.3, -0.25) is 4.79 Å². The van der Waals surface area contributed by atoms with Crippen molar-refractivity contribution in [3.63, 3.8) is 0 Å². The maximum Gasteiger partial charge on any atom is 0.328 e. The van der Waals surface area contributed by atoms with Crippen LogP contribution in [0.15, 0.2) is 0 Å². The van der Waals surface area contributed by atoms with Crippen LogP contribution < -0.4 is 11.1 Å². The maximum atomic E-state index is 12.3. The minimum absolute atomic E-state index is 0.0522. The van der Waals surface area contributed by atoms with E-state index in [1.165, 1.54) is 7.11 Å². The van der Waals surface area contributed by atoms with Gasteiger partial charge in [-0.2, -0.15) is 0 Å². The number of carbonyl (C=O) groups excluding carboxylic acids is 2. The van der Waals surface area contributed by atoms with Gasteiger partial charge >= 0.3 is 5.97 Å². The number of nitrogens with two attached hydrogens (primary N) is 1. The molecule has 4 atom stereocenters. The average Bonchev–Trinajstić information content (AvgIpc) is 2.91. The molecule has 0 aromatic heterocycles. The summed E-state index contributed by atoms with van der Waals surface area (Å²) in [5.74, 6) is -0.167. The molecule has 0 radical (unpaired) electrons. The minimum Gasteiger partial charge on any atom is -0.467 e. The van der Waals surface area contributed by atoms with E-state index in [0.717, 1.165) is 25.7 Å². The summed E-state index contributed by atoms with van der Waals surface area (Å²) in [6.07, 6.45) is 3.71. The Morgan fingerprint density at radius 2 is 2.11 bits per heavy atom. The van der Waals surface area contributed by atoms with Crippen LogP contribution in [0, 0.1) is 17.8 Å². The van der Waals surface area contributed by atoms with E-state index >= 15 is 0 Å². The van der Waals surface area contributed by atoms with Gasteiger partial charge in [0, 0.05) is 5.92 Å². The largest absolute Gasteiger partial charge is 0.467 e. The molecule has 0 spiro atoms. The van der Waals surface area contributed by atoms with E-state index in [9.17, 15) is 9.59 Å². The number of amides is 1. The summed E-state index contributed by atoms with van der Waals surface area (Å²) in [6.45, 7) is 4.46. The van der Waals surface area contributed by atoms with Crippen molar-refractivity contribution in [3.8, 4) is 0 Å². The lowest BCUT2D eigenvalue weighted by atomic mass is 9.93. The summed E-state index contributed by atoms with van der Waals surface area (Å²) in [5.41, 5.74) is 5.69. The third-order valence-corrected chi connectivity index (χ3v) is 4.26. The molecule has 0 aromatic rings. The molecular weight excluding hydrogens is 244 g/mol. The summed E-state index contributed by atoms with van der Waals surface area (Å²) in [7, 11) is 1.35. The van der Waals surface area contributed by atoms with Gasteiger partial charge in [0.2, 0.25) is 5.91 Å². The fourth-order valence-corrected chi connectivity index (χ4v) is 2.72. The van der Waals surface area contributed by atoms with Gasteiger partial charge in [-0.25, -0.2) is 4.79 Å². The molecule has 0 saturated heterocycles. The quantitative estimate of drug-likeness (QED) is 0.707. The molecular formula is C14H26N2O3. The van der Waals surface area contributed by atoms with E-state index in [-0.39, 0.29) is 29.6 Å². The van der Waals surface area contributed by atoms with Crippen LogP contribution in [0.25, 0.3) is 0 Å². The van der Waals surface area contributed by atoms with Crippen molar-refractivity contribution in [1.29, 1.82) is 0 Å². The summed E-state index contributed by atoms with van der Waals surface area (Å²) in [5, 5.41) is 2.86. The molecule has 4 unspecified atom stereocenters. The highest BCUT2D eigenvalue weighted by Gasteiger charge is 2.35. The molecule has 1 rings (SSSR count). The zero-order valence-electron chi connectivity index (χ0n) is 12.1. The van der Waals surface area contributed by atoms with E-state index in [0.29, 0.717) is 6.54 Å². The Labute approximate surface area is 115 Å². The lowest BCUT2D eigenvalue weighted by Gasteiger charge is -2.25. The van der Waals surface area contributed by atoms with Crippen LogP contribution in [-0.4, -0.2) is 31.6 Å². The van der Waals surface area contributed by atoms with Crippen LogP contribution in [0.3, 0.4) is 0 Å². The van der Waals surface area contributed by atoms with Crippen LogP contribution in [-0.2, 0) is 14.3 Å². The summed E-state index contributed by atoms with van der Waals surface area (Å²) < 4.78 is 4.77. The zero-order valence-corrected chi connectivity index (χ0v) is 12.1. The Balaban J connectivity index is 2.68. The maximum absolute atomic E-state index is 12.3. The topological polar surface area (TPSA) is 81.4 Å². The summed E-state index contributed by atoms with van der Waals surface area (Å²) in [4.78, 5) is 24.0. The SMILES string of the molecule is CCC(C)C(NC(=O)C1CCCC1CN)C(=O)OC. The van der Waals surface area contributed by atoms with Gasteiger partial charge in [0.25, 0.3) is 0 Å². The second-order valence-corrected chi connectivity index (χ2v) is 5.43. The first-order chi connectivity index (χ1) is 9.04. The Bertz CT molecular complexity index is 320. The summed E-state index contributed by atoms with van der Waals surface area (Å²) in [6, 6.07) is -0.554. The number of esters is 1. The second kappa shape index (κ2) is 7.48. The number of methoxy groups -OCH3 is 1. The Morgan fingerprint density at radius 3 is 2.63 bits per heavy atom. The van der Waals surface area contributed by atoms with Gasteiger partial charge in [0.15, 0.2) is 0 Å². The van der Waals surface area contributed by atoms with Crippen LogP contribution in [0.4, 0.5) is 0 Å². The average molecular weight is 270 g/mol. The molecule has 1 amide bonds. The Kier molecular flexibility index (Phi) is 6.28. The molecule has 1 aliphatic rings. The first-order valence-electron chi connectivity index (χ1n) is 7.13.